The molecule has 0 bridgehead atoms. The van der Waals surface area contributed by atoms with Crippen LogP contribution in [0.25, 0.3) is 10.9 Å². The van der Waals surface area contributed by atoms with Crippen LogP contribution in [0.15, 0.2) is 72.8 Å². The minimum atomic E-state index is -1.01. The van der Waals surface area contributed by atoms with E-state index in [1.54, 1.807) is 24.3 Å². The second-order valence-electron chi connectivity index (χ2n) is 8.48. The van der Waals surface area contributed by atoms with Gasteiger partial charge in [-0.3, -0.25) is 9.59 Å². The van der Waals surface area contributed by atoms with Gasteiger partial charge in [-0.15, -0.1) is 0 Å². The maximum absolute atomic E-state index is 13.5. The Labute approximate surface area is 194 Å². The summed E-state index contributed by atoms with van der Waals surface area (Å²) in [4.78, 5) is 25.2. The lowest BCUT2D eigenvalue weighted by molar-refractivity contribution is -0.136. The molecule has 4 rings (SSSR count). The van der Waals surface area contributed by atoms with Crippen molar-refractivity contribution in [3.8, 4) is 0 Å². The van der Waals surface area contributed by atoms with Crippen molar-refractivity contribution in [3.05, 3.63) is 95.2 Å². The molecule has 0 fully saturated rings. The van der Waals surface area contributed by atoms with E-state index in [9.17, 15) is 14.7 Å². The average molecular weight is 436 g/mol. The molecular weight excluding hydrogens is 411 g/mol. The van der Waals surface area contributed by atoms with Gasteiger partial charge in [-0.1, -0.05) is 73.9 Å². The van der Waals surface area contributed by atoms with Crippen LogP contribution in [0.5, 0.6) is 0 Å². The number of carboxylic acids is 1. The van der Waals surface area contributed by atoms with E-state index in [1.165, 1.54) is 5.56 Å². The summed E-state index contributed by atoms with van der Waals surface area (Å²) in [6.45, 7) is 4.71. The third-order valence-electron chi connectivity index (χ3n) is 5.75. The van der Waals surface area contributed by atoms with Crippen molar-refractivity contribution in [1.29, 1.82) is 0 Å². The Morgan fingerprint density at radius 1 is 1.00 bits per heavy atom. The van der Waals surface area contributed by atoms with Gasteiger partial charge in [0.2, 0.25) is 0 Å². The molecule has 0 saturated heterocycles. The number of fused-ring (bicyclic) bond motifs is 1. The minimum absolute atomic E-state index is 0.281. The fraction of sp³-hybridized carbons (Fsp3) is 0.185. The smallest absolute Gasteiger partial charge is 0.307 e. The Morgan fingerprint density at radius 3 is 2.33 bits per heavy atom. The number of nitrogens with zero attached hydrogens (tertiary/aromatic N) is 1. The summed E-state index contributed by atoms with van der Waals surface area (Å²) in [7, 11) is 6.02. The zero-order valence-corrected chi connectivity index (χ0v) is 18.7. The molecule has 164 valence electrons. The van der Waals surface area contributed by atoms with E-state index >= 15 is 0 Å². The van der Waals surface area contributed by atoms with Crippen molar-refractivity contribution in [3.63, 3.8) is 0 Å². The van der Waals surface area contributed by atoms with Gasteiger partial charge in [0.05, 0.1) is 6.42 Å². The predicted octanol–water partition coefficient (Wildman–Crippen LogP) is 4.49. The molecule has 1 amide bonds. The number of amides is 1. The number of carbonyl (C=O) groups is 2. The quantitative estimate of drug-likeness (QED) is 0.420. The largest absolute Gasteiger partial charge is 0.481 e. The zero-order valence-electron chi connectivity index (χ0n) is 18.7. The fourth-order valence-electron chi connectivity index (χ4n) is 4.10. The van der Waals surface area contributed by atoms with Crippen molar-refractivity contribution in [1.82, 2.24) is 4.57 Å². The highest BCUT2D eigenvalue weighted by molar-refractivity contribution is 6.33. The monoisotopic (exact) mass is 436 g/mol. The summed E-state index contributed by atoms with van der Waals surface area (Å²) < 4.78 is 1.88. The Morgan fingerprint density at radius 2 is 1.70 bits per heavy atom. The van der Waals surface area contributed by atoms with Crippen LogP contribution in [0.3, 0.4) is 0 Å². The van der Waals surface area contributed by atoms with E-state index in [2.05, 4.69) is 31.3 Å². The molecule has 0 aliphatic carbocycles. The van der Waals surface area contributed by atoms with Crippen molar-refractivity contribution < 1.29 is 14.7 Å². The normalized spacial score (nSPS) is 11.1. The molecule has 0 spiro atoms. The third kappa shape index (κ3) is 4.85. The highest BCUT2D eigenvalue weighted by atomic mass is 16.4. The molecule has 0 aliphatic heterocycles. The molecule has 0 aliphatic rings. The first-order chi connectivity index (χ1) is 15.8. The molecule has 2 radical (unpaired) electrons. The second kappa shape index (κ2) is 9.37. The standard InChI is InChI=1S/C27H25BN2O3/c1-17(2)19-10-8-18(9-11-19)16-30-24-13-12-20(28)14-22(24)23(15-25(31)32)26(30)27(33)29-21-6-4-3-5-7-21/h3-14,17H,15-16H2,1-2H3,(H,29,33)(H,31,32). The van der Waals surface area contributed by atoms with Crippen LogP contribution >= 0.6 is 0 Å². The Kier molecular flexibility index (Phi) is 6.36. The molecule has 5 nitrogen and oxygen atoms in total. The van der Waals surface area contributed by atoms with Crippen molar-refractivity contribution >= 4 is 41.8 Å². The van der Waals surface area contributed by atoms with Gasteiger partial charge >= 0.3 is 5.97 Å². The first kappa shape index (κ1) is 22.4. The van der Waals surface area contributed by atoms with Gasteiger partial charge in [0.15, 0.2) is 0 Å². The first-order valence-corrected chi connectivity index (χ1v) is 10.9. The number of carboxylic acid groups (broad SMARTS) is 1. The maximum Gasteiger partial charge on any atom is 0.307 e. The molecule has 3 aromatic carbocycles. The van der Waals surface area contributed by atoms with Crippen molar-refractivity contribution in [2.24, 2.45) is 0 Å². The molecule has 1 heterocycles. The highest BCUT2D eigenvalue weighted by Gasteiger charge is 2.24. The van der Waals surface area contributed by atoms with Gasteiger partial charge in [-0.2, -0.15) is 0 Å². The number of hydrogen-bond donors (Lipinski definition) is 2. The van der Waals surface area contributed by atoms with E-state index in [-0.39, 0.29) is 12.3 Å². The molecule has 33 heavy (non-hydrogen) atoms. The summed E-state index contributed by atoms with van der Waals surface area (Å²) in [5.74, 6) is -0.943. The molecule has 2 N–H and O–H groups in total. The second-order valence-corrected chi connectivity index (χ2v) is 8.48. The number of aromatic nitrogens is 1. The molecule has 0 atom stereocenters. The average Bonchev–Trinajstić information content (AvgIpc) is 3.06. The Balaban J connectivity index is 1.86. The predicted molar refractivity (Wildman–Crippen MR) is 133 cm³/mol. The third-order valence-corrected chi connectivity index (χ3v) is 5.75. The molecule has 0 saturated carbocycles. The number of hydrogen-bond acceptors (Lipinski definition) is 2. The number of para-hydroxylation sites is 1. The number of carbonyl (C=O) groups excluding carboxylic acids is 1. The van der Waals surface area contributed by atoms with Gasteiger partial charge in [0, 0.05) is 28.7 Å². The summed E-state index contributed by atoms with van der Waals surface area (Å²) in [6, 6.07) is 22.8. The summed E-state index contributed by atoms with van der Waals surface area (Å²) in [6.07, 6.45) is -0.281. The van der Waals surface area contributed by atoms with E-state index in [0.29, 0.717) is 40.3 Å². The molecule has 4 aromatic rings. The summed E-state index contributed by atoms with van der Waals surface area (Å²) in [5.41, 5.74) is 4.96. The number of anilines is 1. The van der Waals surface area contributed by atoms with Crippen LogP contribution in [-0.2, 0) is 17.8 Å². The number of rotatable bonds is 7. The number of nitrogens with one attached hydrogen (secondary N) is 1. The van der Waals surface area contributed by atoms with E-state index < -0.39 is 5.97 Å². The number of benzene rings is 3. The van der Waals surface area contributed by atoms with Crippen molar-refractivity contribution in [2.75, 3.05) is 5.32 Å². The van der Waals surface area contributed by atoms with Crippen LogP contribution < -0.4 is 10.8 Å². The van der Waals surface area contributed by atoms with Gasteiger partial charge < -0.3 is 15.0 Å². The van der Waals surface area contributed by atoms with Crippen molar-refractivity contribution in [2.45, 2.75) is 32.7 Å². The van der Waals surface area contributed by atoms with Gasteiger partial charge in [-0.05, 0) is 35.2 Å². The van der Waals surface area contributed by atoms with Gasteiger partial charge in [-0.25, -0.2) is 0 Å². The minimum Gasteiger partial charge on any atom is -0.481 e. The fourth-order valence-corrected chi connectivity index (χ4v) is 4.10. The van der Waals surface area contributed by atoms with E-state index in [0.717, 1.165) is 11.1 Å². The summed E-state index contributed by atoms with van der Waals surface area (Å²) in [5, 5.41) is 13.2. The van der Waals surface area contributed by atoms with Crippen LogP contribution in [0.1, 0.15) is 46.9 Å². The zero-order chi connectivity index (χ0) is 23.5. The van der Waals surface area contributed by atoms with Gasteiger partial charge in [0.25, 0.3) is 5.91 Å². The molecular formula is C27H25BN2O3. The summed E-state index contributed by atoms with van der Waals surface area (Å²) >= 11 is 0. The SMILES string of the molecule is [B]c1ccc2c(c1)c(CC(=O)O)c(C(=O)Nc1ccccc1)n2Cc1ccc(C(C)C)cc1. The van der Waals surface area contributed by atoms with E-state index in [4.69, 9.17) is 7.85 Å². The van der Waals surface area contributed by atoms with Gasteiger partial charge in [0.1, 0.15) is 13.5 Å². The van der Waals surface area contributed by atoms with Crippen LogP contribution in [0.2, 0.25) is 0 Å². The van der Waals surface area contributed by atoms with Crippen LogP contribution in [-0.4, -0.2) is 29.4 Å². The molecule has 1 aromatic heterocycles. The lowest BCUT2D eigenvalue weighted by Crippen LogP contribution is -2.20. The van der Waals surface area contributed by atoms with E-state index in [1.807, 2.05) is 41.0 Å². The molecule has 6 heteroatoms. The topological polar surface area (TPSA) is 71.3 Å². The Hall–Kier alpha value is -3.80. The first-order valence-electron chi connectivity index (χ1n) is 10.9. The lowest BCUT2D eigenvalue weighted by Gasteiger charge is -2.14. The molecule has 0 unspecified atom stereocenters. The van der Waals surface area contributed by atoms with Crippen LogP contribution in [0, 0.1) is 0 Å². The van der Waals surface area contributed by atoms with Crippen LogP contribution in [0.4, 0.5) is 5.69 Å². The lowest BCUT2D eigenvalue weighted by atomic mass is 9.93. The highest BCUT2D eigenvalue weighted by Crippen LogP contribution is 2.29. The number of aliphatic carboxylic acids is 1. The maximum atomic E-state index is 13.5. The Bertz CT molecular complexity index is 1310.